The van der Waals surface area contributed by atoms with E-state index in [1.165, 1.54) is 10.7 Å². The summed E-state index contributed by atoms with van der Waals surface area (Å²) in [7, 11) is 0. The zero-order valence-corrected chi connectivity index (χ0v) is 13.5. The minimum absolute atomic E-state index is 0.144. The maximum atomic E-state index is 13.7. The highest BCUT2D eigenvalue weighted by molar-refractivity contribution is 6.15. The van der Waals surface area contributed by atoms with Gasteiger partial charge in [0, 0.05) is 5.56 Å². The second-order valence-electron chi connectivity index (χ2n) is 5.25. The Bertz CT molecular complexity index is 906. The fraction of sp³-hybridized carbons (Fsp3) is 0.111. The third-order valence-electron chi connectivity index (χ3n) is 3.48. The molecule has 25 heavy (non-hydrogen) atoms. The van der Waals surface area contributed by atoms with Crippen molar-refractivity contribution in [3.05, 3.63) is 77.4 Å². The Balaban J connectivity index is 1.87. The van der Waals surface area contributed by atoms with Crippen LogP contribution >= 0.6 is 0 Å². The molecule has 3 rings (SSSR count). The molecule has 0 aliphatic rings. The number of nitrogens with zero attached hydrogens (tertiary/aromatic N) is 4. The summed E-state index contributed by atoms with van der Waals surface area (Å²) in [4.78, 5) is 12.6. The summed E-state index contributed by atoms with van der Waals surface area (Å²) >= 11 is 0. The van der Waals surface area contributed by atoms with Gasteiger partial charge in [0.25, 0.3) is 0 Å². The number of esters is 1. The topological polar surface area (TPSA) is 69.9 Å². The predicted octanol–water partition coefficient (Wildman–Crippen LogP) is 2.86. The van der Waals surface area contributed by atoms with E-state index in [1.54, 1.807) is 31.2 Å². The van der Waals surface area contributed by atoms with E-state index in [1.807, 2.05) is 30.3 Å². The van der Waals surface area contributed by atoms with Gasteiger partial charge in [0.05, 0.1) is 0 Å². The van der Waals surface area contributed by atoms with E-state index in [9.17, 15) is 9.18 Å². The molecule has 2 aromatic carbocycles. The minimum Gasteiger partial charge on any atom is -0.456 e. The van der Waals surface area contributed by atoms with Gasteiger partial charge in [-0.3, -0.25) is 0 Å². The molecule has 0 saturated carbocycles. The van der Waals surface area contributed by atoms with Crippen molar-refractivity contribution in [2.75, 3.05) is 0 Å². The van der Waals surface area contributed by atoms with Crippen molar-refractivity contribution >= 4 is 17.7 Å². The van der Waals surface area contributed by atoms with Crippen LogP contribution < -0.4 is 0 Å². The summed E-state index contributed by atoms with van der Waals surface area (Å²) in [5.41, 5.74) is 1.23. The highest BCUT2D eigenvalue weighted by Gasteiger charge is 2.18. The third kappa shape index (κ3) is 3.95. The van der Waals surface area contributed by atoms with Crippen LogP contribution in [-0.2, 0) is 16.1 Å². The average molecular weight is 338 g/mol. The molecule has 1 aromatic heterocycles. The first kappa shape index (κ1) is 16.5. The number of tetrazole rings is 1. The minimum atomic E-state index is -0.650. The van der Waals surface area contributed by atoms with Crippen molar-refractivity contribution in [2.24, 2.45) is 0 Å². The van der Waals surface area contributed by atoms with Gasteiger partial charge in [0.15, 0.2) is 11.5 Å². The number of hydrogen-bond acceptors (Lipinski definition) is 5. The molecule has 3 aromatic rings. The fourth-order valence-electron chi connectivity index (χ4n) is 2.20. The standard InChI is InChI=1S/C18H15FN4O2/c1-13-20-21-22-23(13)17(11-14-7-3-2-4-8-14)18(24)25-12-15-9-5-6-10-16(15)19/h2-11H,12H2,1H3/b17-11+. The van der Waals surface area contributed by atoms with Crippen molar-refractivity contribution in [1.82, 2.24) is 20.2 Å². The van der Waals surface area contributed by atoms with Gasteiger partial charge < -0.3 is 4.74 Å². The molecule has 7 heteroatoms. The molecule has 0 aliphatic heterocycles. The van der Waals surface area contributed by atoms with Crippen molar-refractivity contribution in [3.63, 3.8) is 0 Å². The van der Waals surface area contributed by atoms with E-state index < -0.39 is 11.8 Å². The van der Waals surface area contributed by atoms with Gasteiger partial charge in [-0.2, -0.15) is 4.68 Å². The smallest absolute Gasteiger partial charge is 0.357 e. The van der Waals surface area contributed by atoms with Crippen LogP contribution in [0, 0.1) is 12.7 Å². The lowest BCUT2D eigenvalue weighted by atomic mass is 10.2. The summed E-state index contributed by atoms with van der Waals surface area (Å²) in [5, 5.41) is 11.2. The molecule has 0 atom stereocenters. The SMILES string of the molecule is Cc1nnnn1/C(=C/c1ccccc1)C(=O)OCc1ccccc1F. The number of halogens is 1. The van der Waals surface area contributed by atoms with Crippen molar-refractivity contribution in [3.8, 4) is 0 Å². The van der Waals surface area contributed by atoms with Crippen LogP contribution in [0.25, 0.3) is 11.8 Å². The zero-order valence-electron chi connectivity index (χ0n) is 13.5. The van der Waals surface area contributed by atoms with Gasteiger partial charge in [0.2, 0.25) is 0 Å². The summed E-state index contributed by atoms with van der Waals surface area (Å²) in [5.74, 6) is -0.643. The molecule has 0 radical (unpaired) electrons. The molecule has 0 N–H and O–H groups in total. The molecule has 0 spiro atoms. The molecule has 0 saturated heterocycles. The number of aromatic nitrogens is 4. The second kappa shape index (κ2) is 7.48. The summed E-state index contributed by atoms with van der Waals surface area (Å²) in [6.45, 7) is 1.49. The van der Waals surface area contributed by atoms with Crippen molar-refractivity contribution < 1.29 is 13.9 Å². The van der Waals surface area contributed by atoms with Crippen LogP contribution in [0.3, 0.4) is 0 Å². The summed E-state index contributed by atoms with van der Waals surface area (Å²) < 4.78 is 20.2. The Labute approximate surface area is 143 Å². The maximum absolute atomic E-state index is 13.7. The van der Waals surface area contributed by atoms with Gasteiger partial charge >= 0.3 is 5.97 Å². The molecule has 0 unspecified atom stereocenters. The molecule has 0 amide bonds. The van der Waals surface area contributed by atoms with E-state index in [-0.39, 0.29) is 12.3 Å². The van der Waals surface area contributed by atoms with Crippen LogP contribution in [0.1, 0.15) is 17.0 Å². The molecule has 0 aliphatic carbocycles. The number of carbonyl (C=O) groups excluding carboxylic acids is 1. The van der Waals surface area contributed by atoms with Gasteiger partial charge in [-0.1, -0.05) is 48.5 Å². The third-order valence-corrected chi connectivity index (χ3v) is 3.48. The molecule has 0 bridgehead atoms. The Kier molecular flexibility index (Phi) is 4.94. The first-order valence-corrected chi connectivity index (χ1v) is 7.58. The van der Waals surface area contributed by atoms with Crippen molar-refractivity contribution in [2.45, 2.75) is 13.5 Å². The molecule has 1 heterocycles. The highest BCUT2D eigenvalue weighted by Crippen LogP contribution is 2.15. The van der Waals surface area contributed by atoms with E-state index in [0.29, 0.717) is 11.4 Å². The molecular formula is C18H15FN4O2. The largest absolute Gasteiger partial charge is 0.456 e. The van der Waals surface area contributed by atoms with E-state index >= 15 is 0 Å². The Morgan fingerprint density at radius 2 is 1.88 bits per heavy atom. The number of benzene rings is 2. The van der Waals surface area contributed by atoms with Crippen LogP contribution in [0.15, 0.2) is 54.6 Å². The van der Waals surface area contributed by atoms with Crippen LogP contribution in [0.5, 0.6) is 0 Å². The van der Waals surface area contributed by atoms with Crippen LogP contribution in [0.4, 0.5) is 4.39 Å². The molecule has 0 fully saturated rings. The van der Waals surface area contributed by atoms with E-state index in [4.69, 9.17) is 4.74 Å². The molecule has 6 nitrogen and oxygen atoms in total. The fourth-order valence-corrected chi connectivity index (χ4v) is 2.20. The quantitative estimate of drug-likeness (QED) is 0.528. The first-order chi connectivity index (χ1) is 12.1. The maximum Gasteiger partial charge on any atom is 0.357 e. The Morgan fingerprint density at radius 3 is 2.56 bits per heavy atom. The highest BCUT2D eigenvalue weighted by atomic mass is 19.1. The van der Waals surface area contributed by atoms with Crippen LogP contribution in [0.2, 0.25) is 0 Å². The van der Waals surface area contributed by atoms with Crippen LogP contribution in [-0.4, -0.2) is 26.2 Å². The van der Waals surface area contributed by atoms with Gasteiger partial charge in [-0.15, -0.1) is 5.10 Å². The first-order valence-electron chi connectivity index (χ1n) is 7.58. The summed E-state index contributed by atoms with van der Waals surface area (Å²) in [6, 6.07) is 15.4. The second-order valence-corrected chi connectivity index (χ2v) is 5.25. The molecule has 126 valence electrons. The number of aryl methyl sites for hydroxylation is 1. The zero-order chi connectivity index (χ0) is 17.6. The Morgan fingerprint density at radius 1 is 1.16 bits per heavy atom. The van der Waals surface area contributed by atoms with Crippen molar-refractivity contribution in [1.29, 1.82) is 0 Å². The summed E-state index contributed by atoms with van der Waals surface area (Å²) in [6.07, 6.45) is 1.62. The van der Waals surface area contributed by atoms with Gasteiger partial charge in [-0.05, 0) is 35.1 Å². The Hall–Kier alpha value is -3.35. The van der Waals surface area contributed by atoms with E-state index in [0.717, 1.165) is 5.56 Å². The van der Waals surface area contributed by atoms with E-state index in [2.05, 4.69) is 15.5 Å². The predicted molar refractivity (Wildman–Crippen MR) is 89.4 cm³/mol. The normalized spacial score (nSPS) is 11.4. The lowest BCUT2D eigenvalue weighted by molar-refractivity contribution is -0.138. The number of carbonyl (C=O) groups is 1. The number of rotatable bonds is 5. The van der Waals surface area contributed by atoms with Gasteiger partial charge in [-0.25, -0.2) is 9.18 Å². The number of ether oxygens (including phenoxy) is 1. The lowest BCUT2D eigenvalue weighted by Gasteiger charge is -2.09. The average Bonchev–Trinajstić information content (AvgIpc) is 3.05. The lowest BCUT2D eigenvalue weighted by Crippen LogP contribution is -2.15. The van der Waals surface area contributed by atoms with Gasteiger partial charge in [0.1, 0.15) is 12.4 Å². The number of hydrogen-bond donors (Lipinski definition) is 0. The molecular weight excluding hydrogens is 323 g/mol. The monoisotopic (exact) mass is 338 g/mol.